The van der Waals surface area contributed by atoms with Crippen molar-refractivity contribution in [3.05, 3.63) is 52.3 Å². The molecule has 1 fully saturated rings. The van der Waals surface area contributed by atoms with Crippen LogP contribution in [0.2, 0.25) is 0 Å². The zero-order valence-electron chi connectivity index (χ0n) is 17.7. The van der Waals surface area contributed by atoms with E-state index in [-0.39, 0.29) is 28.8 Å². The fourth-order valence-electron chi connectivity index (χ4n) is 3.59. The highest BCUT2D eigenvalue weighted by Gasteiger charge is 2.35. The number of rotatable bonds is 6. The zero-order valence-corrected chi connectivity index (χ0v) is 20.1. The minimum absolute atomic E-state index is 0.0291. The molecule has 2 aromatic rings. The van der Waals surface area contributed by atoms with E-state index in [0.29, 0.717) is 23.9 Å². The van der Waals surface area contributed by atoms with Gasteiger partial charge in [0.25, 0.3) is 0 Å². The molecule has 168 valence electrons. The van der Waals surface area contributed by atoms with Gasteiger partial charge in [-0.3, -0.25) is 4.79 Å². The van der Waals surface area contributed by atoms with Crippen LogP contribution in [0.3, 0.4) is 0 Å². The molecule has 1 aliphatic heterocycles. The summed E-state index contributed by atoms with van der Waals surface area (Å²) in [6.45, 7) is 4.32. The third kappa shape index (κ3) is 5.27. The maximum atomic E-state index is 14.1. The van der Waals surface area contributed by atoms with Crippen molar-refractivity contribution in [3.63, 3.8) is 0 Å². The molecule has 9 heteroatoms. The van der Waals surface area contributed by atoms with E-state index in [1.54, 1.807) is 18.2 Å². The van der Waals surface area contributed by atoms with Crippen LogP contribution in [-0.4, -0.2) is 38.8 Å². The first-order valence-electron chi connectivity index (χ1n) is 10.1. The van der Waals surface area contributed by atoms with Gasteiger partial charge in [-0.15, -0.1) is 0 Å². The van der Waals surface area contributed by atoms with Gasteiger partial charge in [0.05, 0.1) is 18.7 Å². The van der Waals surface area contributed by atoms with E-state index in [2.05, 4.69) is 21.2 Å². The summed E-state index contributed by atoms with van der Waals surface area (Å²) >= 11 is 3.18. The van der Waals surface area contributed by atoms with Gasteiger partial charge in [0, 0.05) is 17.6 Å². The number of halogens is 2. The lowest BCUT2D eigenvalue weighted by molar-refractivity contribution is -0.120. The first-order chi connectivity index (χ1) is 14.6. The normalized spacial score (nSPS) is 17.5. The quantitative estimate of drug-likeness (QED) is 0.605. The average molecular weight is 513 g/mol. The summed E-state index contributed by atoms with van der Waals surface area (Å²) in [5, 5.41) is 2.58. The molecule has 3 rings (SSSR count). The summed E-state index contributed by atoms with van der Waals surface area (Å²) in [4.78, 5) is 12.8. The largest absolute Gasteiger partial charge is 0.495 e. The van der Waals surface area contributed by atoms with Crippen molar-refractivity contribution in [2.45, 2.75) is 37.5 Å². The van der Waals surface area contributed by atoms with Gasteiger partial charge in [-0.25, -0.2) is 12.8 Å². The zero-order chi connectivity index (χ0) is 22.8. The average Bonchev–Trinajstić information content (AvgIpc) is 2.75. The van der Waals surface area contributed by atoms with E-state index in [4.69, 9.17) is 4.74 Å². The van der Waals surface area contributed by atoms with Crippen molar-refractivity contribution in [2.75, 3.05) is 25.5 Å². The molecule has 0 radical (unpaired) electrons. The van der Waals surface area contributed by atoms with Crippen molar-refractivity contribution in [3.8, 4) is 5.75 Å². The number of amides is 1. The minimum atomic E-state index is -3.87. The lowest BCUT2D eigenvalue weighted by atomic mass is 9.98. The molecule has 1 atom stereocenters. The van der Waals surface area contributed by atoms with Crippen molar-refractivity contribution >= 4 is 37.5 Å². The number of sulfonamides is 1. The molecular formula is C22H26BrFN2O4S. The van der Waals surface area contributed by atoms with Crippen LogP contribution in [0.5, 0.6) is 5.75 Å². The molecule has 0 saturated carbocycles. The van der Waals surface area contributed by atoms with Gasteiger partial charge in [0.15, 0.2) is 0 Å². The van der Waals surface area contributed by atoms with Gasteiger partial charge in [-0.2, -0.15) is 4.31 Å². The number of carbonyl (C=O) groups excluding carboxylic acids is 1. The molecule has 0 aliphatic carbocycles. The highest BCUT2D eigenvalue weighted by molar-refractivity contribution is 9.10. The molecule has 1 aliphatic rings. The van der Waals surface area contributed by atoms with Gasteiger partial charge in [0.1, 0.15) is 16.5 Å². The number of carbonyl (C=O) groups is 1. The van der Waals surface area contributed by atoms with E-state index < -0.39 is 27.7 Å². The van der Waals surface area contributed by atoms with E-state index >= 15 is 0 Å². The first-order valence-corrected chi connectivity index (χ1v) is 12.3. The maximum Gasteiger partial charge on any atom is 0.246 e. The lowest BCUT2D eigenvalue weighted by Gasteiger charge is -2.31. The molecule has 0 aromatic heterocycles. The number of anilines is 1. The number of hydrogen-bond donors (Lipinski definition) is 1. The number of nitrogens with one attached hydrogen (secondary N) is 1. The van der Waals surface area contributed by atoms with Crippen LogP contribution in [0.4, 0.5) is 10.1 Å². The molecule has 0 bridgehead atoms. The summed E-state index contributed by atoms with van der Waals surface area (Å²) < 4.78 is 48.1. The Morgan fingerprint density at radius 2 is 2.00 bits per heavy atom. The minimum Gasteiger partial charge on any atom is -0.495 e. The maximum absolute atomic E-state index is 14.1. The van der Waals surface area contributed by atoms with Gasteiger partial charge in [-0.1, -0.05) is 35.8 Å². The second-order valence-corrected chi connectivity index (χ2v) is 10.7. The van der Waals surface area contributed by atoms with Crippen LogP contribution in [0.15, 0.2) is 45.8 Å². The SMILES string of the molecule is COc1ccc(C(C)C)cc1S(=O)(=O)N1CCC[C@@H](C(=O)Nc2ccc(Br)cc2F)C1. The summed E-state index contributed by atoms with van der Waals surface area (Å²) in [7, 11) is -2.43. The molecule has 1 N–H and O–H groups in total. The van der Waals surface area contributed by atoms with E-state index in [1.165, 1.54) is 23.5 Å². The number of ether oxygens (including phenoxy) is 1. The standard InChI is InChI=1S/C22H26BrFN2O4S/c1-14(2)15-6-9-20(30-3)21(11-15)31(28,29)26-10-4-5-16(13-26)22(27)25-19-8-7-17(23)12-18(19)24/h6-9,11-12,14,16H,4-5,10,13H2,1-3H3,(H,25,27)/t16-/m1/s1. The topological polar surface area (TPSA) is 75.7 Å². The van der Waals surface area contributed by atoms with Crippen LogP contribution in [-0.2, 0) is 14.8 Å². The third-order valence-electron chi connectivity index (χ3n) is 5.42. The highest BCUT2D eigenvalue weighted by atomic mass is 79.9. The van der Waals surface area contributed by atoms with E-state index in [0.717, 1.165) is 5.56 Å². The van der Waals surface area contributed by atoms with Crippen LogP contribution in [0.25, 0.3) is 0 Å². The fourth-order valence-corrected chi connectivity index (χ4v) is 5.64. The summed E-state index contributed by atoms with van der Waals surface area (Å²) in [6, 6.07) is 9.51. The number of benzene rings is 2. The molecule has 2 aromatic carbocycles. The molecule has 6 nitrogen and oxygen atoms in total. The Bertz CT molecular complexity index is 1080. The molecule has 0 spiro atoms. The van der Waals surface area contributed by atoms with Crippen molar-refractivity contribution in [2.24, 2.45) is 5.92 Å². The summed E-state index contributed by atoms with van der Waals surface area (Å²) in [5.74, 6) is -1.11. The Morgan fingerprint density at radius 3 is 2.65 bits per heavy atom. The Morgan fingerprint density at radius 1 is 1.26 bits per heavy atom. The van der Waals surface area contributed by atoms with Gasteiger partial charge in [-0.05, 0) is 54.7 Å². The van der Waals surface area contributed by atoms with E-state index in [9.17, 15) is 17.6 Å². The number of hydrogen-bond acceptors (Lipinski definition) is 4. The lowest BCUT2D eigenvalue weighted by Crippen LogP contribution is -2.43. The Kier molecular flexibility index (Phi) is 7.39. The smallest absolute Gasteiger partial charge is 0.246 e. The van der Waals surface area contributed by atoms with Crippen molar-refractivity contribution < 1.29 is 22.3 Å². The molecule has 0 unspecified atom stereocenters. The summed E-state index contributed by atoms with van der Waals surface area (Å²) in [5.41, 5.74) is 0.955. The Balaban J connectivity index is 1.82. The molecule has 31 heavy (non-hydrogen) atoms. The van der Waals surface area contributed by atoms with Gasteiger partial charge >= 0.3 is 0 Å². The van der Waals surface area contributed by atoms with Crippen molar-refractivity contribution in [1.29, 1.82) is 0 Å². The van der Waals surface area contributed by atoms with Gasteiger partial charge in [0.2, 0.25) is 15.9 Å². The number of methoxy groups -OCH3 is 1. The van der Waals surface area contributed by atoms with Crippen LogP contribution in [0, 0.1) is 11.7 Å². The second-order valence-electron chi connectivity index (χ2n) is 7.88. The number of nitrogens with zero attached hydrogens (tertiary/aromatic N) is 1. The predicted octanol–water partition coefficient (Wildman–Crippen LogP) is 4.76. The molecule has 1 heterocycles. The van der Waals surface area contributed by atoms with Crippen LogP contribution >= 0.6 is 15.9 Å². The summed E-state index contributed by atoms with van der Waals surface area (Å²) in [6.07, 6.45) is 1.06. The second kappa shape index (κ2) is 9.67. The van der Waals surface area contributed by atoms with E-state index in [1.807, 2.05) is 19.9 Å². The van der Waals surface area contributed by atoms with Gasteiger partial charge < -0.3 is 10.1 Å². The van der Waals surface area contributed by atoms with Crippen LogP contribution < -0.4 is 10.1 Å². The molecular weight excluding hydrogens is 487 g/mol. The molecule has 1 amide bonds. The first kappa shape index (κ1) is 23.7. The fraction of sp³-hybridized carbons (Fsp3) is 0.409. The Labute approximate surface area is 191 Å². The molecule has 1 saturated heterocycles. The van der Waals surface area contributed by atoms with Crippen LogP contribution in [0.1, 0.15) is 38.2 Å². The predicted molar refractivity (Wildman–Crippen MR) is 121 cm³/mol. The third-order valence-corrected chi connectivity index (χ3v) is 7.80. The van der Waals surface area contributed by atoms with Crippen molar-refractivity contribution in [1.82, 2.24) is 4.31 Å². The number of piperidine rings is 1. The highest BCUT2D eigenvalue weighted by Crippen LogP contribution is 2.33. The monoisotopic (exact) mass is 512 g/mol. The Hall–Kier alpha value is -1.97.